The van der Waals surface area contributed by atoms with Crippen LogP contribution < -0.4 is 10.1 Å². The maximum atomic E-state index is 13.2. The summed E-state index contributed by atoms with van der Waals surface area (Å²) in [5.41, 5.74) is 0.795. The number of urea groups is 1. The largest absolute Gasteiger partial charge is 0.492 e. The van der Waals surface area contributed by atoms with E-state index in [2.05, 4.69) is 5.32 Å². The number of hydrogen-bond acceptors (Lipinski definition) is 3. The van der Waals surface area contributed by atoms with Crippen molar-refractivity contribution in [1.82, 2.24) is 10.2 Å². The highest BCUT2D eigenvalue weighted by Gasteiger charge is 2.49. The Balaban J connectivity index is 1.54. The molecule has 1 aliphatic heterocycles. The van der Waals surface area contributed by atoms with Gasteiger partial charge in [-0.1, -0.05) is 54.6 Å². The number of nitrogens with zero attached hydrogens (tertiary/aromatic N) is 1. The average molecular weight is 374 g/mol. The highest BCUT2D eigenvalue weighted by molar-refractivity contribution is 6.09. The number of rotatable bonds is 5. The molecule has 142 valence electrons. The highest BCUT2D eigenvalue weighted by atomic mass is 16.5. The second-order valence-corrected chi connectivity index (χ2v) is 7.20. The standard InChI is InChI=1S/C23H22N2O3/c1-16-7-5-10-18(15-16)28-14-13-25-21(26)23(2,24-22(25)27)20-12-6-9-17-8-3-4-11-19(17)20/h3-12,15H,13-14H2,1-2H3,(H,24,27). The molecule has 1 aliphatic rings. The molecule has 3 aromatic rings. The Bertz CT molecular complexity index is 1060. The molecule has 3 aromatic carbocycles. The molecule has 0 aliphatic carbocycles. The van der Waals surface area contributed by atoms with Crippen molar-refractivity contribution in [3.8, 4) is 5.75 Å². The number of carbonyl (C=O) groups is 2. The van der Waals surface area contributed by atoms with E-state index in [4.69, 9.17) is 4.74 Å². The fourth-order valence-electron chi connectivity index (χ4n) is 3.70. The molecule has 5 nitrogen and oxygen atoms in total. The third-order valence-electron chi connectivity index (χ3n) is 5.18. The average Bonchev–Trinajstić information content (AvgIpc) is 2.91. The summed E-state index contributed by atoms with van der Waals surface area (Å²) >= 11 is 0. The Morgan fingerprint density at radius 1 is 1.00 bits per heavy atom. The van der Waals surface area contributed by atoms with E-state index in [1.54, 1.807) is 6.92 Å². The van der Waals surface area contributed by atoms with E-state index in [-0.39, 0.29) is 19.1 Å². The molecule has 0 saturated carbocycles. The zero-order valence-corrected chi connectivity index (χ0v) is 15.9. The van der Waals surface area contributed by atoms with Crippen LogP contribution in [0.2, 0.25) is 0 Å². The lowest BCUT2D eigenvalue weighted by molar-refractivity contribution is -0.131. The molecule has 28 heavy (non-hydrogen) atoms. The quantitative estimate of drug-likeness (QED) is 0.687. The van der Waals surface area contributed by atoms with Crippen LogP contribution in [0.15, 0.2) is 66.7 Å². The van der Waals surface area contributed by atoms with Crippen LogP contribution in [-0.2, 0) is 10.3 Å². The molecule has 1 saturated heterocycles. The predicted octanol–water partition coefficient (Wildman–Crippen LogP) is 3.99. The molecule has 0 aromatic heterocycles. The zero-order chi connectivity index (χ0) is 19.7. The van der Waals surface area contributed by atoms with Crippen LogP contribution in [0, 0.1) is 6.92 Å². The Hall–Kier alpha value is -3.34. The number of imide groups is 1. The van der Waals surface area contributed by atoms with Crippen molar-refractivity contribution in [3.63, 3.8) is 0 Å². The van der Waals surface area contributed by atoms with Crippen molar-refractivity contribution in [2.24, 2.45) is 0 Å². The third kappa shape index (κ3) is 3.09. The van der Waals surface area contributed by atoms with E-state index in [1.165, 1.54) is 4.90 Å². The minimum absolute atomic E-state index is 0.193. The second kappa shape index (κ2) is 7.00. The summed E-state index contributed by atoms with van der Waals surface area (Å²) in [5.74, 6) is 0.463. The van der Waals surface area contributed by atoms with Crippen molar-refractivity contribution in [3.05, 3.63) is 77.9 Å². The lowest BCUT2D eigenvalue weighted by Crippen LogP contribution is -2.41. The monoisotopic (exact) mass is 374 g/mol. The van der Waals surface area contributed by atoms with E-state index in [0.717, 1.165) is 27.6 Å². The first-order valence-corrected chi connectivity index (χ1v) is 9.31. The van der Waals surface area contributed by atoms with E-state index >= 15 is 0 Å². The highest BCUT2D eigenvalue weighted by Crippen LogP contribution is 2.33. The first kappa shape index (κ1) is 18.0. The minimum Gasteiger partial charge on any atom is -0.492 e. The van der Waals surface area contributed by atoms with Crippen LogP contribution in [0.4, 0.5) is 4.79 Å². The van der Waals surface area contributed by atoms with Crippen LogP contribution in [-0.4, -0.2) is 30.0 Å². The van der Waals surface area contributed by atoms with Crippen LogP contribution in [0.5, 0.6) is 5.75 Å². The Morgan fingerprint density at radius 2 is 1.75 bits per heavy atom. The van der Waals surface area contributed by atoms with Gasteiger partial charge < -0.3 is 10.1 Å². The van der Waals surface area contributed by atoms with Crippen molar-refractivity contribution in [2.45, 2.75) is 19.4 Å². The molecule has 1 unspecified atom stereocenters. The maximum absolute atomic E-state index is 13.2. The van der Waals surface area contributed by atoms with Crippen LogP contribution >= 0.6 is 0 Å². The van der Waals surface area contributed by atoms with E-state index in [9.17, 15) is 9.59 Å². The number of amides is 3. The molecule has 1 fully saturated rings. The second-order valence-electron chi connectivity index (χ2n) is 7.20. The number of nitrogens with one attached hydrogen (secondary N) is 1. The molecule has 5 heteroatoms. The number of benzene rings is 3. The summed E-state index contributed by atoms with van der Waals surface area (Å²) in [5, 5.41) is 4.87. The maximum Gasteiger partial charge on any atom is 0.325 e. The summed E-state index contributed by atoms with van der Waals surface area (Å²) in [6.45, 7) is 4.18. The number of hydrogen-bond donors (Lipinski definition) is 1. The smallest absolute Gasteiger partial charge is 0.325 e. The molecule has 1 N–H and O–H groups in total. The zero-order valence-electron chi connectivity index (χ0n) is 15.9. The molecule has 1 heterocycles. The number of aryl methyl sites for hydroxylation is 1. The molecule has 4 rings (SSSR count). The van der Waals surface area contributed by atoms with Crippen molar-refractivity contribution in [2.75, 3.05) is 13.2 Å². The van der Waals surface area contributed by atoms with Gasteiger partial charge >= 0.3 is 6.03 Å². The summed E-state index contributed by atoms with van der Waals surface area (Å²) < 4.78 is 5.72. The first-order chi connectivity index (χ1) is 13.5. The van der Waals surface area contributed by atoms with Gasteiger partial charge in [0.05, 0.1) is 6.54 Å². The van der Waals surface area contributed by atoms with E-state index in [1.807, 2.05) is 73.7 Å². The predicted molar refractivity (Wildman–Crippen MR) is 108 cm³/mol. The van der Waals surface area contributed by atoms with Crippen LogP contribution in [0.3, 0.4) is 0 Å². The van der Waals surface area contributed by atoms with Crippen molar-refractivity contribution < 1.29 is 14.3 Å². The van der Waals surface area contributed by atoms with E-state index in [0.29, 0.717) is 0 Å². The molecular formula is C23H22N2O3. The van der Waals surface area contributed by atoms with Gasteiger partial charge in [0.1, 0.15) is 17.9 Å². The number of fused-ring (bicyclic) bond motifs is 1. The van der Waals surface area contributed by atoms with E-state index < -0.39 is 11.6 Å². The third-order valence-corrected chi connectivity index (χ3v) is 5.18. The lowest BCUT2D eigenvalue weighted by atomic mass is 9.88. The fraction of sp³-hybridized carbons (Fsp3) is 0.217. The van der Waals surface area contributed by atoms with Crippen molar-refractivity contribution in [1.29, 1.82) is 0 Å². The summed E-state index contributed by atoms with van der Waals surface area (Å²) in [6.07, 6.45) is 0. The lowest BCUT2D eigenvalue weighted by Gasteiger charge is -2.24. The minimum atomic E-state index is -1.10. The Labute approximate surface area is 163 Å². The molecule has 0 spiro atoms. The summed E-state index contributed by atoms with van der Waals surface area (Å²) in [4.78, 5) is 26.9. The summed E-state index contributed by atoms with van der Waals surface area (Å²) in [7, 11) is 0. The number of carbonyl (C=O) groups excluding carboxylic acids is 2. The molecule has 0 radical (unpaired) electrons. The number of ether oxygens (including phenoxy) is 1. The van der Waals surface area contributed by atoms with Gasteiger partial charge in [-0.25, -0.2) is 4.79 Å². The molecule has 0 bridgehead atoms. The molecular weight excluding hydrogens is 352 g/mol. The SMILES string of the molecule is Cc1cccc(OCCN2C(=O)NC(C)(c3cccc4ccccc34)C2=O)c1. The van der Waals surface area contributed by atoms with Gasteiger partial charge in [0.15, 0.2) is 0 Å². The Morgan fingerprint density at radius 3 is 2.57 bits per heavy atom. The van der Waals surface area contributed by atoms with Crippen LogP contribution in [0.1, 0.15) is 18.1 Å². The fourth-order valence-corrected chi connectivity index (χ4v) is 3.70. The van der Waals surface area contributed by atoms with Crippen LogP contribution in [0.25, 0.3) is 10.8 Å². The van der Waals surface area contributed by atoms with Gasteiger partial charge in [0.25, 0.3) is 5.91 Å². The van der Waals surface area contributed by atoms with Gasteiger partial charge in [-0.2, -0.15) is 0 Å². The van der Waals surface area contributed by atoms with Gasteiger partial charge in [-0.15, -0.1) is 0 Å². The molecule has 1 atom stereocenters. The Kier molecular flexibility index (Phi) is 4.51. The molecule has 3 amide bonds. The van der Waals surface area contributed by atoms with Gasteiger partial charge in [0.2, 0.25) is 0 Å². The summed E-state index contributed by atoms with van der Waals surface area (Å²) in [6, 6.07) is 20.9. The van der Waals surface area contributed by atoms with Gasteiger partial charge in [-0.05, 0) is 47.9 Å². The van der Waals surface area contributed by atoms with Crippen molar-refractivity contribution >= 4 is 22.7 Å². The normalized spacial score (nSPS) is 19.1. The first-order valence-electron chi connectivity index (χ1n) is 9.31. The van der Waals surface area contributed by atoms with Gasteiger partial charge in [0, 0.05) is 0 Å². The van der Waals surface area contributed by atoms with Gasteiger partial charge in [-0.3, -0.25) is 9.69 Å². The topological polar surface area (TPSA) is 58.6 Å².